The minimum absolute atomic E-state index is 0.154. The van der Waals surface area contributed by atoms with Gasteiger partial charge in [-0.25, -0.2) is 0 Å². The number of hydrogen-bond donors (Lipinski definition) is 2. The third kappa shape index (κ3) is 3.56. The highest BCUT2D eigenvalue weighted by atomic mass is 16.6. The molecule has 1 saturated heterocycles. The summed E-state index contributed by atoms with van der Waals surface area (Å²) in [6, 6.07) is 0. The molecule has 3 fully saturated rings. The molecule has 2 aliphatic carbocycles. The van der Waals surface area contributed by atoms with Crippen LogP contribution in [-0.2, 0) is 28.6 Å². The standard InChI is InChI=1S/C26H40O8/c1-9-11-18(30)33-19-20-22(4,5)13-12-16(28)24(20,7)26(31)17(29)14-23(6,10-2)34-25(26,8)21(19)32-15(3)27/h10,16,19-21,28,31H,2,9,11-14H2,1,3-8H3/t16-,19-,20-,21-,23-,24-,25+,26-/m0/s1. The Hall–Kier alpha value is -1.77. The van der Waals surface area contributed by atoms with E-state index >= 15 is 0 Å². The summed E-state index contributed by atoms with van der Waals surface area (Å²) in [6.07, 6.45) is -0.484. The van der Waals surface area contributed by atoms with E-state index in [1.54, 1.807) is 13.8 Å². The monoisotopic (exact) mass is 480 g/mol. The number of aliphatic hydroxyl groups is 2. The Bertz CT molecular complexity index is 882. The first-order chi connectivity index (χ1) is 15.5. The first-order valence-corrected chi connectivity index (χ1v) is 12.2. The SMILES string of the molecule is C=C[C@@]1(C)CC(=O)[C@]2(O)[C@@]3(C)[C@@H](O)CCC(C)(C)[C@@H]3[C@H](OC(=O)CCC)[C@H](OC(C)=O)[C@@]2(C)O1. The molecule has 8 nitrogen and oxygen atoms in total. The third-order valence-corrected chi connectivity index (χ3v) is 8.72. The molecule has 1 heterocycles. The fourth-order valence-corrected chi connectivity index (χ4v) is 7.16. The van der Waals surface area contributed by atoms with Crippen LogP contribution in [0.5, 0.6) is 0 Å². The van der Waals surface area contributed by atoms with E-state index in [2.05, 4.69) is 6.58 Å². The molecule has 0 amide bonds. The lowest BCUT2D eigenvalue weighted by molar-refractivity contribution is -0.371. The van der Waals surface area contributed by atoms with E-state index in [4.69, 9.17) is 14.2 Å². The lowest BCUT2D eigenvalue weighted by Gasteiger charge is -2.71. The lowest BCUT2D eigenvalue weighted by atomic mass is 9.39. The van der Waals surface area contributed by atoms with Crippen LogP contribution in [0.25, 0.3) is 0 Å². The van der Waals surface area contributed by atoms with Gasteiger partial charge in [-0.3, -0.25) is 14.4 Å². The number of esters is 2. The number of rotatable bonds is 5. The van der Waals surface area contributed by atoms with E-state index in [9.17, 15) is 24.6 Å². The Morgan fingerprint density at radius 2 is 1.82 bits per heavy atom. The number of fused-ring (bicyclic) bond motifs is 3. The topological polar surface area (TPSA) is 119 Å². The molecule has 34 heavy (non-hydrogen) atoms. The van der Waals surface area contributed by atoms with Gasteiger partial charge in [0.2, 0.25) is 0 Å². The number of aliphatic hydroxyl groups excluding tert-OH is 1. The molecule has 8 atom stereocenters. The van der Waals surface area contributed by atoms with Gasteiger partial charge in [-0.05, 0) is 38.5 Å². The van der Waals surface area contributed by atoms with Crippen LogP contribution in [0, 0.1) is 16.7 Å². The number of carbonyl (C=O) groups excluding carboxylic acids is 3. The Labute approximate surface area is 202 Å². The molecule has 2 N–H and O–H groups in total. The average molecular weight is 481 g/mol. The maximum absolute atomic E-state index is 13.9. The molecule has 0 bridgehead atoms. The number of carbonyl (C=O) groups is 3. The summed E-state index contributed by atoms with van der Waals surface area (Å²) in [5, 5.41) is 23.8. The Kier molecular flexibility index (Phi) is 6.64. The van der Waals surface area contributed by atoms with Crippen LogP contribution in [0.4, 0.5) is 0 Å². The zero-order valence-corrected chi connectivity index (χ0v) is 21.5. The van der Waals surface area contributed by atoms with Crippen LogP contribution in [0.15, 0.2) is 12.7 Å². The molecule has 3 aliphatic rings. The molecule has 3 rings (SSSR count). The number of ketones is 1. The predicted molar refractivity (Wildman–Crippen MR) is 124 cm³/mol. The van der Waals surface area contributed by atoms with Crippen molar-refractivity contribution in [3.63, 3.8) is 0 Å². The second-order valence-electron chi connectivity index (χ2n) is 11.6. The van der Waals surface area contributed by atoms with E-state index in [1.165, 1.54) is 19.9 Å². The van der Waals surface area contributed by atoms with Crippen LogP contribution in [-0.4, -0.2) is 63.0 Å². The highest BCUT2D eigenvalue weighted by Gasteiger charge is 2.82. The van der Waals surface area contributed by atoms with Crippen molar-refractivity contribution in [1.82, 2.24) is 0 Å². The van der Waals surface area contributed by atoms with Gasteiger partial charge in [-0.1, -0.05) is 33.8 Å². The first kappa shape index (κ1) is 26.8. The average Bonchev–Trinajstić information content (AvgIpc) is 2.71. The zero-order chi connectivity index (χ0) is 25.9. The van der Waals surface area contributed by atoms with Crippen molar-refractivity contribution >= 4 is 17.7 Å². The summed E-state index contributed by atoms with van der Waals surface area (Å²) in [4.78, 5) is 39.0. The molecule has 0 aromatic carbocycles. The van der Waals surface area contributed by atoms with Gasteiger partial charge in [0.15, 0.2) is 17.5 Å². The molecule has 0 aromatic rings. The van der Waals surface area contributed by atoms with Gasteiger partial charge < -0.3 is 24.4 Å². The third-order valence-electron chi connectivity index (χ3n) is 8.72. The van der Waals surface area contributed by atoms with Gasteiger partial charge in [0.05, 0.1) is 11.7 Å². The van der Waals surface area contributed by atoms with Crippen molar-refractivity contribution in [2.45, 2.75) is 116 Å². The minimum Gasteiger partial charge on any atom is -0.458 e. The van der Waals surface area contributed by atoms with Crippen LogP contribution < -0.4 is 0 Å². The van der Waals surface area contributed by atoms with E-state index in [1.807, 2.05) is 20.8 Å². The molecule has 0 radical (unpaired) electrons. The fraction of sp³-hybridized carbons (Fsp3) is 0.808. The van der Waals surface area contributed by atoms with E-state index in [0.717, 1.165) is 0 Å². The Balaban J connectivity index is 2.36. The maximum atomic E-state index is 13.9. The zero-order valence-electron chi connectivity index (χ0n) is 21.5. The summed E-state index contributed by atoms with van der Waals surface area (Å²) < 4.78 is 18.2. The van der Waals surface area contributed by atoms with Crippen LogP contribution >= 0.6 is 0 Å². The van der Waals surface area contributed by atoms with Gasteiger partial charge >= 0.3 is 11.9 Å². The molecule has 0 aromatic heterocycles. The summed E-state index contributed by atoms with van der Waals surface area (Å²) in [5.41, 5.74) is -7.23. The normalized spacial score (nSPS) is 45.5. The van der Waals surface area contributed by atoms with Crippen LogP contribution in [0.3, 0.4) is 0 Å². The summed E-state index contributed by atoms with van der Waals surface area (Å²) in [5.74, 6) is -2.37. The van der Waals surface area contributed by atoms with Gasteiger partial charge in [0.25, 0.3) is 0 Å². The van der Waals surface area contributed by atoms with Crippen LogP contribution in [0.1, 0.15) is 80.6 Å². The van der Waals surface area contributed by atoms with Crippen molar-refractivity contribution in [3.05, 3.63) is 12.7 Å². The molecular formula is C26H40O8. The summed E-state index contributed by atoms with van der Waals surface area (Å²) in [7, 11) is 0. The van der Waals surface area contributed by atoms with Crippen LogP contribution in [0.2, 0.25) is 0 Å². The second-order valence-corrected chi connectivity index (χ2v) is 11.6. The van der Waals surface area contributed by atoms with Gasteiger partial charge in [-0.15, -0.1) is 6.58 Å². The number of ether oxygens (including phenoxy) is 3. The highest BCUT2D eigenvalue weighted by Crippen LogP contribution is 2.67. The van der Waals surface area contributed by atoms with Gasteiger partial charge in [0.1, 0.15) is 11.7 Å². The van der Waals surface area contributed by atoms with Gasteiger partial charge in [0, 0.05) is 31.1 Å². The van der Waals surface area contributed by atoms with Crippen molar-refractivity contribution in [3.8, 4) is 0 Å². The second kappa shape index (κ2) is 8.42. The quantitative estimate of drug-likeness (QED) is 0.455. The molecule has 0 unspecified atom stereocenters. The first-order valence-electron chi connectivity index (χ1n) is 12.2. The largest absolute Gasteiger partial charge is 0.458 e. The van der Waals surface area contributed by atoms with E-state index in [-0.39, 0.29) is 12.8 Å². The Morgan fingerprint density at radius 3 is 2.35 bits per heavy atom. The minimum atomic E-state index is -2.22. The smallest absolute Gasteiger partial charge is 0.306 e. The van der Waals surface area contributed by atoms with Crippen molar-refractivity contribution < 1.29 is 38.8 Å². The molecular weight excluding hydrogens is 440 g/mol. The number of hydrogen-bond acceptors (Lipinski definition) is 8. The summed E-state index contributed by atoms with van der Waals surface area (Å²) in [6.45, 7) is 15.6. The number of Topliss-reactive ketones (excluding diaryl/α,β-unsaturated/α-hetero) is 1. The predicted octanol–water partition coefficient (Wildman–Crippen LogP) is 2.87. The lowest BCUT2D eigenvalue weighted by Crippen LogP contribution is -2.87. The van der Waals surface area contributed by atoms with Crippen molar-refractivity contribution in [2.24, 2.45) is 16.7 Å². The Morgan fingerprint density at radius 1 is 1.21 bits per heavy atom. The highest BCUT2D eigenvalue weighted by molar-refractivity contribution is 5.92. The van der Waals surface area contributed by atoms with E-state index in [0.29, 0.717) is 19.3 Å². The maximum Gasteiger partial charge on any atom is 0.306 e. The molecule has 2 saturated carbocycles. The van der Waals surface area contributed by atoms with E-state index < -0.39 is 69.6 Å². The molecule has 0 spiro atoms. The molecule has 192 valence electrons. The molecule has 8 heteroatoms. The van der Waals surface area contributed by atoms with Crippen molar-refractivity contribution in [2.75, 3.05) is 0 Å². The fourth-order valence-electron chi connectivity index (χ4n) is 7.16. The molecule has 1 aliphatic heterocycles. The summed E-state index contributed by atoms with van der Waals surface area (Å²) >= 11 is 0. The van der Waals surface area contributed by atoms with Crippen molar-refractivity contribution in [1.29, 1.82) is 0 Å². The van der Waals surface area contributed by atoms with Gasteiger partial charge in [-0.2, -0.15) is 0 Å².